The smallest absolute Gasteiger partial charge is 0.364 e. The molecule has 60 heavy (non-hydrogen) atoms. The molecule has 26 nitrogen and oxygen atoms in total. The van der Waals surface area contributed by atoms with Crippen LogP contribution in [0.3, 0.4) is 0 Å². The molecule has 348 valence electrons. The average Bonchev–Trinajstić information content (AvgIpc) is 3.20. The van der Waals surface area contributed by atoms with Gasteiger partial charge in [-0.2, -0.15) is 0 Å². The van der Waals surface area contributed by atoms with Gasteiger partial charge in [0.05, 0.1) is 44.7 Å². The van der Waals surface area contributed by atoms with Gasteiger partial charge in [-0.05, 0) is 19.9 Å². The highest BCUT2D eigenvalue weighted by atomic mass is 16.8. The number of hydrogen-bond donors (Lipinski definition) is 15. The SMILES string of the molecule is CC(=O)NC1C(O[C@@H]2OC(C)[C@@H](O)C(O)[C@@H]2O)[C@H](O[C@@H]2O[C@@H](CO)[C@H](O)C(O[C@]3(C(=O)O)C[C@@H](O)[C@@H](NC(C)=O)C([C@H](O)[C@H](O)CO)O3)C2O)C(CO)O[C@H]1OCCCN. The van der Waals surface area contributed by atoms with Gasteiger partial charge in [-0.1, -0.05) is 0 Å². The molecule has 0 saturated carbocycles. The van der Waals surface area contributed by atoms with Crippen LogP contribution in [0.15, 0.2) is 0 Å². The molecule has 0 aromatic heterocycles. The summed E-state index contributed by atoms with van der Waals surface area (Å²) in [5.74, 6) is -6.59. The lowest BCUT2D eigenvalue weighted by Crippen LogP contribution is -2.71. The molecule has 0 aromatic rings. The van der Waals surface area contributed by atoms with Gasteiger partial charge in [0.25, 0.3) is 5.79 Å². The third-order valence-corrected chi connectivity index (χ3v) is 10.6. The van der Waals surface area contributed by atoms with Crippen LogP contribution in [-0.2, 0) is 52.3 Å². The summed E-state index contributed by atoms with van der Waals surface area (Å²) in [7, 11) is 0. The van der Waals surface area contributed by atoms with Gasteiger partial charge in [-0.15, -0.1) is 0 Å². The van der Waals surface area contributed by atoms with Gasteiger partial charge in [0.2, 0.25) is 11.8 Å². The Kier molecular flexibility index (Phi) is 18.3. The van der Waals surface area contributed by atoms with Gasteiger partial charge in [-0.3, -0.25) is 9.59 Å². The molecule has 0 radical (unpaired) electrons. The minimum absolute atomic E-state index is 0.0395. The second-order valence-electron chi connectivity index (χ2n) is 15.0. The Hall–Kier alpha value is -2.39. The fourth-order valence-electron chi connectivity index (χ4n) is 7.40. The van der Waals surface area contributed by atoms with E-state index in [4.69, 9.17) is 43.6 Å². The van der Waals surface area contributed by atoms with Crippen LogP contribution in [0.1, 0.15) is 33.6 Å². The summed E-state index contributed by atoms with van der Waals surface area (Å²) in [6.45, 7) is 0.622. The molecular formula is C34H59N3O23. The Bertz CT molecular complexity index is 1410. The van der Waals surface area contributed by atoms with Crippen LogP contribution in [0, 0.1) is 0 Å². The lowest BCUT2D eigenvalue weighted by atomic mass is 9.88. The first-order valence-electron chi connectivity index (χ1n) is 19.2. The standard InChI is InChI=1S/C34H59N3O23/c1-11-20(45)23(48)24(49)31(54-11)58-28-19(37-13(3)42)30(53-6-4-5-35)56-17(10-40)26(28)57-32-25(50)29(22(47)16(9-39)55-32)60-34(33(51)52)7-14(43)18(36-12(2)41)27(59-34)21(46)15(44)8-38/h11,14-32,38-40,43-50H,4-10,35H2,1-3H3,(H,36,41)(H,37,42)(H,51,52)/t11?,14-,15-,16+,17?,18-,19?,20-,21-,22+,23?,24+,25?,26-,27?,28?,29?,30-,31+,32+,34+/m1/s1. The van der Waals surface area contributed by atoms with E-state index in [0.717, 1.165) is 13.8 Å². The van der Waals surface area contributed by atoms with E-state index in [9.17, 15) is 75.7 Å². The molecular weight excluding hydrogens is 818 g/mol. The quantitative estimate of drug-likeness (QED) is 0.0569. The molecule has 21 atom stereocenters. The number of carbonyl (C=O) groups is 3. The second kappa shape index (κ2) is 21.8. The van der Waals surface area contributed by atoms with Crippen molar-refractivity contribution in [2.24, 2.45) is 5.73 Å². The molecule has 0 spiro atoms. The number of carboxylic acids is 1. The lowest BCUT2D eigenvalue weighted by molar-refractivity contribution is -0.391. The van der Waals surface area contributed by atoms with Crippen molar-refractivity contribution in [1.82, 2.24) is 10.6 Å². The minimum Gasteiger partial charge on any atom is -0.477 e. The van der Waals surface area contributed by atoms with E-state index in [-0.39, 0.29) is 13.2 Å². The van der Waals surface area contributed by atoms with Crippen LogP contribution >= 0.6 is 0 Å². The zero-order valence-electron chi connectivity index (χ0n) is 32.9. The van der Waals surface area contributed by atoms with E-state index in [1.54, 1.807) is 0 Å². The van der Waals surface area contributed by atoms with Gasteiger partial charge in [-0.25, -0.2) is 4.79 Å². The second-order valence-corrected chi connectivity index (χ2v) is 15.0. The molecule has 26 heteroatoms. The topological polar surface area (TPSA) is 418 Å². The van der Waals surface area contributed by atoms with Gasteiger partial charge in [0, 0.05) is 20.3 Å². The third kappa shape index (κ3) is 11.2. The maximum atomic E-state index is 13.0. The Morgan fingerprint density at radius 3 is 1.92 bits per heavy atom. The van der Waals surface area contributed by atoms with E-state index in [0.29, 0.717) is 6.42 Å². The summed E-state index contributed by atoms with van der Waals surface area (Å²) in [4.78, 5) is 37.5. The number of amides is 2. The van der Waals surface area contributed by atoms with Gasteiger partial charge < -0.3 is 116 Å². The number of aliphatic hydroxyl groups excluding tert-OH is 11. The first kappa shape index (κ1) is 50.3. The highest BCUT2D eigenvalue weighted by Gasteiger charge is 2.61. The summed E-state index contributed by atoms with van der Waals surface area (Å²) in [6, 6.07) is -3.02. The van der Waals surface area contributed by atoms with E-state index >= 15 is 0 Å². The molecule has 4 aliphatic heterocycles. The van der Waals surface area contributed by atoms with Crippen LogP contribution in [0.2, 0.25) is 0 Å². The molecule has 0 aliphatic carbocycles. The minimum atomic E-state index is -3.11. The van der Waals surface area contributed by atoms with Crippen molar-refractivity contribution in [2.75, 3.05) is 33.0 Å². The first-order valence-corrected chi connectivity index (χ1v) is 19.2. The summed E-state index contributed by atoms with van der Waals surface area (Å²) in [5.41, 5.74) is 5.61. The van der Waals surface area contributed by atoms with Crippen molar-refractivity contribution in [3.05, 3.63) is 0 Å². The number of aliphatic carboxylic acids is 1. The van der Waals surface area contributed by atoms with Crippen molar-refractivity contribution in [3.8, 4) is 0 Å². The predicted octanol–water partition coefficient (Wildman–Crippen LogP) is -8.85. The number of ether oxygens (including phenoxy) is 8. The van der Waals surface area contributed by atoms with E-state index < -0.39 is 172 Å². The van der Waals surface area contributed by atoms with Gasteiger partial charge in [0.15, 0.2) is 18.9 Å². The average molecular weight is 878 g/mol. The summed E-state index contributed by atoms with van der Waals surface area (Å²) >= 11 is 0. The first-order chi connectivity index (χ1) is 28.2. The van der Waals surface area contributed by atoms with Crippen LogP contribution in [0.4, 0.5) is 0 Å². The zero-order valence-corrected chi connectivity index (χ0v) is 32.9. The zero-order chi connectivity index (χ0) is 44.8. The van der Waals surface area contributed by atoms with Crippen LogP contribution in [-0.4, -0.2) is 240 Å². The monoisotopic (exact) mass is 877 g/mol. The van der Waals surface area contributed by atoms with Crippen LogP contribution in [0.25, 0.3) is 0 Å². The summed E-state index contributed by atoms with van der Waals surface area (Å²) in [5, 5.41) is 132. The fourth-order valence-corrected chi connectivity index (χ4v) is 7.40. The predicted molar refractivity (Wildman–Crippen MR) is 190 cm³/mol. The van der Waals surface area contributed by atoms with Gasteiger partial charge in [0.1, 0.15) is 85.4 Å². The van der Waals surface area contributed by atoms with Crippen LogP contribution in [0.5, 0.6) is 0 Å². The number of nitrogens with one attached hydrogen (secondary N) is 2. The molecule has 8 unspecified atom stereocenters. The number of carbonyl (C=O) groups excluding carboxylic acids is 2. The molecule has 4 rings (SSSR count). The Morgan fingerprint density at radius 2 is 1.35 bits per heavy atom. The van der Waals surface area contributed by atoms with Crippen molar-refractivity contribution in [1.29, 1.82) is 0 Å². The van der Waals surface area contributed by atoms with Gasteiger partial charge >= 0.3 is 5.97 Å². The molecule has 4 heterocycles. The Labute approximate surface area is 342 Å². The molecule has 4 fully saturated rings. The van der Waals surface area contributed by atoms with E-state index in [2.05, 4.69) is 10.6 Å². The highest BCUT2D eigenvalue weighted by molar-refractivity contribution is 5.76. The number of hydrogen-bond acceptors (Lipinski definition) is 23. The fraction of sp³-hybridized carbons (Fsp3) is 0.912. The molecule has 0 bridgehead atoms. The highest BCUT2D eigenvalue weighted by Crippen LogP contribution is 2.39. The Balaban J connectivity index is 1.74. The maximum Gasteiger partial charge on any atom is 0.364 e. The number of aliphatic hydroxyl groups is 11. The van der Waals surface area contributed by atoms with Crippen molar-refractivity contribution < 1.29 is 114 Å². The molecule has 16 N–H and O–H groups in total. The molecule has 4 aliphatic rings. The number of rotatable bonds is 18. The third-order valence-electron chi connectivity index (χ3n) is 10.6. The van der Waals surface area contributed by atoms with Crippen molar-refractivity contribution >= 4 is 17.8 Å². The van der Waals surface area contributed by atoms with E-state index in [1.807, 2.05) is 0 Å². The summed E-state index contributed by atoms with van der Waals surface area (Å²) < 4.78 is 46.7. The van der Waals surface area contributed by atoms with Crippen molar-refractivity contribution in [2.45, 2.75) is 162 Å². The maximum absolute atomic E-state index is 13.0. The number of carboxylic acid groups (broad SMARTS) is 1. The Morgan fingerprint density at radius 1 is 0.767 bits per heavy atom. The van der Waals surface area contributed by atoms with E-state index in [1.165, 1.54) is 6.92 Å². The molecule has 2 amide bonds. The number of nitrogens with two attached hydrogens (primary N) is 1. The van der Waals surface area contributed by atoms with Crippen LogP contribution < -0.4 is 16.4 Å². The molecule has 4 saturated heterocycles. The normalized spacial score (nSPS) is 43.5. The largest absolute Gasteiger partial charge is 0.477 e. The lowest BCUT2D eigenvalue weighted by Gasteiger charge is -2.51. The van der Waals surface area contributed by atoms with Crippen molar-refractivity contribution in [3.63, 3.8) is 0 Å². The summed E-state index contributed by atoms with van der Waals surface area (Å²) in [6.07, 6.45) is -33.9. The molecule has 0 aromatic carbocycles.